The number of nitrogens with one attached hydrogen (secondary N) is 2. The highest BCUT2D eigenvalue weighted by molar-refractivity contribution is 5.92. The Morgan fingerprint density at radius 3 is 2.56 bits per heavy atom. The van der Waals surface area contributed by atoms with E-state index >= 15 is 0 Å². The predicted molar refractivity (Wildman–Crippen MR) is 94.7 cm³/mol. The van der Waals surface area contributed by atoms with Crippen LogP contribution in [0.25, 0.3) is 0 Å². The summed E-state index contributed by atoms with van der Waals surface area (Å²) in [6, 6.07) is 9.32. The number of piperazine rings is 1. The largest absolute Gasteiger partial charge is 0.459 e. The van der Waals surface area contributed by atoms with Crippen molar-refractivity contribution in [2.75, 3.05) is 38.0 Å². The molecule has 1 aromatic carbocycles. The zero-order chi connectivity index (χ0) is 17.8. The number of furan rings is 1. The fourth-order valence-electron chi connectivity index (χ4n) is 3.01. The number of quaternary nitrogens is 1. The Hall–Kier alpha value is -2.60. The smallest absolute Gasteiger partial charge is 0.289 e. The average Bonchev–Trinajstić information content (AvgIpc) is 3.13. The van der Waals surface area contributed by atoms with E-state index in [1.54, 1.807) is 17.0 Å². The van der Waals surface area contributed by atoms with Gasteiger partial charge in [0.15, 0.2) is 12.3 Å². The molecule has 0 radical (unpaired) electrons. The van der Waals surface area contributed by atoms with E-state index in [0.29, 0.717) is 25.4 Å². The van der Waals surface area contributed by atoms with Crippen LogP contribution in [0.3, 0.4) is 0 Å². The van der Waals surface area contributed by atoms with Gasteiger partial charge >= 0.3 is 0 Å². The number of carbonyl (C=O) groups excluding carboxylic acids is 2. The van der Waals surface area contributed by atoms with E-state index in [9.17, 15) is 9.59 Å². The van der Waals surface area contributed by atoms with Crippen LogP contribution in [-0.2, 0) is 4.79 Å². The Balaban J connectivity index is 1.47. The SMILES string of the molecule is Cc1ccc(NC(=O)C[NH+]2CCN(C(=O)c3ccco3)CC2)cc1C. The Morgan fingerprint density at radius 1 is 1.16 bits per heavy atom. The monoisotopic (exact) mass is 342 g/mol. The lowest BCUT2D eigenvalue weighted by atomic mass is 10.1. The maximum Gasteiger partial charge on any atom is 0.289 e. The van der Waals surface area contributed by atoms with E-state index in [1.807, 2.05) is 25.1 Å². The second-order valence-corrected chi connectivity index (χ2v) is 6.54. The van der Waals surface area contributed by atoms with E-state index in [4.69, 9.17) is 4.42 Å². The number of rotatable bonds is 4. The first-order valence-electron chi connectivity index (χ1n) is 8.56. The summed E-state index contributed by atoms with van der Waals surface area (Å²) < 4.78 is 5.16. The van der Waals surface area contributed by atoms with E-state index in [2.05, 4.69) is 12.2 Å². The van der Waals surface area contributed by atoms with Gasteiger partial charge < -0.3 is 19.5 Å². The molecule has 25 heavy (non-hydrogen) atoms. The molecule has 1 aliphatic rings. The molecule has 1 fully saturated rings. The van der Waals surface area contributed by atoms with Crippen molar-refractivity contribution in [3.05, 3.63) is 53.5 Å². The molecule has 1 saturated heterocycles. The van der Waals surface area contributed by atoms with Gasteiger partial charge in [0.2, 0.25) is 0 Å². The van der Waals surface area contributed by atoms with Crippen molar-refractivity contribution in [2.45, 2.75) is 13.8 Å². The Bertz CT molecular complexity index is 747. The molecule has 6 heteroatoms. The van der Waals surface area contributed by atoms with Gasteiger partial charge in [0, 0.05) is 5.69 Å². The molecule has 1 aromatic heterocycles. The lowest BCUT2D eigenvalue weighted by Crippen LogP contribution is -3.15. The molecule has 0 atom stereocenters. The number of amides is 2. The molecule has 0 spiro atoms. The molecule has 2 aromatic rings. The van der Waals surface area contributed by atoms with Gasteiger partial charge in [-0.25, -0.2) is 0 Å². The average molecular weight is 342 g/mol. The van der Waals surface area contributed by atoms with Crippen molar-refractivity contribution >= 4 is 17.5 Å². The molecule has 0 unspecified atom stereocenters. The summed E-state index contributed by atoms with van der Waals surface area (Å²) in [5, 5.41) is 2.96. The standard InChI is InChI=1S/C19H23N3O3/c1-14-5-6-16(12-15(14)2)20-18(23)13-21-7-9-22(10-8-21)19(24)17-4-3-11-25-17/h3-6,11-12H,7-10,13H2,1-2H3,(H,20,23)/p+1. The summed E-state index contributed by atoms with van der Waals surface area (Å²) in [5.74, 6) is 0.295. The quantitative estimate of drug-likeness (QED) is 0.867. The molecule has 132 valence electrons. The van der Waals surface area contributed by atoms with Crippen LogP contribution in [0.15, 0.2) is 41.0 Å². The van der Waals surface area contributed by atoms with Crippen molar-refractivity contribution in [2.24, 2.45) is 0 Å². The summed E-state index contributed by atoms with van der Waals surface area (Å²) in [6.45, 7) is 7.27. The number of aryl methyl sites for hydroxylation is 2. The summed E-state index contributed by atoms with van der Waals surface area (Å²) in [7, 11) is 0. The molecular weight excluding hydrogens is 318 g/mol. The lowest BCUT2D eigenvalue weighted by Gasteiger charge is -2.31. The van der Waals surface area contributed by atoms with Gasteiger partial charge in [-0.3, -0.25) is 9.59 Å². The van der Waals surface area contributed by atoms with Gasteiger partial charge in [-0.2, -0.15) is 0 Å². The van der Waals surface area contributed by atoms with Crippen LogP contribution in [-0.4, -0.2) is 49.4 Å². The number of hydrogen-bond acceptors (Lipinski definition) is 3. The molecular formula is C19H24N3O3+. The van der Waals surface area contributed by atoms with Gasteiger partial charge in [0.25, 0.3) is 11.8 Å². The van der Waals surface area contributed by atoms with Crippen LogP contribution in [0.1, 0.15) is 21.7 Å². The fourth-order valence-corrected chi connectivity index (χ4v) is 3.01. The van der Waals surface area contributed by atoms with Crippen LogP contribution in [0.4, 0.5) is 5.69 Å². The molecule has 0 bridgehead atoms. The molecule has 3 rings (SSSR count). The van der Waals surface area contributed by atoms with E-state index < -0.39 is 0 Å². The zero-order valence-electron chi connectivity index (χ0n) is 14.7. The number of hydrogen-bond donors (Lipinski definition) is 2. The minimum Gasteiger partial charge on any atom is -0.459 e. The summed E-state index contributed by atoms with van der Waals surface area (Å²) in [4.78, 5) is 27.5. The highest BCUT2D eigenvalue weighted by Crippen LogP contribution is 2.13. The Morgan fingerprint density at radius 2 is 1.92 bits per heavy atom. The topological polar surface area (TPSA) is 67.0 Å². The third-order valence-electron chi connectivity index (χ3n) is 4.69. The fraction of sp³-hybridized carbons (Fsp3) is 0.368. The van der Waals surface area contributed by atoms with Crippen molar-refractivity contribution in [1.29, 1.82) is 0 Å². The molecule has 6 nitrogen and oxygen atoms in total. The van der Waals surface area contributed by atoms with Crippen LogP contribution in [0, 0.1) is 13.8 Å². The Labute approximate surface area is 147 Å². The van der Waals surface area contributed by atoms with Crippen LogP contribution in [0.5, 0.6) is 0 Å². The van der Waals surface area contributed by atoms with E-state index in [1.165, 1.54) is 16.7 Å². The number of anilines is 1. The Kier molecular flexibility index (Phi) is 5.19. The molecule has 0 aliphatic carbocycles. The first-order valence-corrected chi connectivity index (χ1v) is 8.56. The van der Waals surface area contributed by atoms with Gasteiger partial charge in [-0.1, -0.05) is 6.07 Å². The summed E-state index contributed by atoms with van der Waals surface area (Å²) in [5.41, 5.74) is 3.20. The highest BCUT2D eigenvalue weighted by atomic mass is 16.3. The number of nitrogens with zero attached hydrogens (tertiary/aromatic N) is 1. The number of benzene rings is 1. The van der Waals surface area contributed by atoms with Gasteiger partial charge in [0.05, 0.1) is 32.4 Å². The normalized spacial score (nSPS) is 15.2. The predicted octanol–water partition coefficient (Wildman–Crippen LogP) is 0.876. The van der Waals surface area contributed by atoms with Gasteiger partial charge in [0.1, 0.15) is 0 Å². The molecule has 2 amide bonds. The van der Waals surface area contributed by atoms with Crippen LogP contribution >= 0.6 is 0 Å². The van der Waals surface area contributed by atoms with E-state index in [-0.39, 0.29) is 11.8 Å². The van der Waals surface area contributed by atoms with Crippen molar-refractivity contribution in [3.8, 4) is 0 Å². The van der Waals surface area contributed by atoms with Crippen molar-refractivity contribution in [1.82, 2.24) is 4.90 Å². The lowest BCUT2D eigenvalue weighted by molar-refractivity contribution is -0.895. The number of carbonyl (C=O) groups is 2. The first kappa shape index (κ1) is 17.2. The maximum atomic E-state index is 12.3. The second-order valence-electron chi connectivity index (χ2n) is 6.54. The van der Waals surface area contributed by atoms with E-state index in [0.717, 1.165) is 24.3 Å². The minimum absolute atomic E-state index is 0.00376. The van der Waals surface area contributed by atoms with Gasteiger partial charge in [-0.15, -0.1) is 0 Å². The molecule has 2 N–H and O–H groups in total. The molecule has 1 aliphatic heterocycles. The minimum atomic E-state index is -0.0800. The second kappa shape index (κ2) is 7.53. The first-order chi connectivity index (χ1) is 12.0. The zero-order valence-corrected chi connectivity index (χ0v) is 14.7. The third-order valence-corrected chi connectivity index (χ3v) is 4.69. The summed E-state index contributed by atoms with van der Waals surface area (Å²) in [6.07, 6.45) is 1.51. The maximum absolute atomic E-state index is 12.3. The highest BCUT2D eigenvalue weighted by Gasteiger charge is 2.27. The summed E-state index contributed by atoms with van der Waals surface area (Å²) >= 11 is 0. The van der Waals surface area contributed by atoms with Crippen molar-refractivity contribution in [3.63, 3.8) is 0 Å². The molecule has 2 heterocycles. The van der Waals surface area contributed by atoms with Crippen LogP contribution < -0.4 is 10.2 Å². The van der Waals surface area contributed by atoms with Crippen LogP contribution in [0.2, 0.25) is 0 Å². The van der Waals surface area contributed by atoms with Gasteiger partial charge in [-0.05, 0) is 49.2 Å². The molecule has 0 saturated carbocycles. The third kappa shape index (κ3) is 4.28. The van der Waals surface area contributed by atoms with Crippen molar-refractivity contribution < 1.29 is 18.9 Å².